The molecule has 0 heterocycles. The summed E-state index contributed by atoms with van der Waals surface area (Å²) in [5, 5.41) is 0. The van der Waals surface area contributed by atoms with Crippen molar-refractivity contribution in [3.63, 3.8) is 0 Å². The molecule has 12 N–H and O–H groups in total. The zero-order chi connectivity index (χ0) is 73.6. The molecule has 16 atom stereocenters. The Kier molecular flexibility index (Phi) is 29.2. The van der Waals surface area contributed by atoms with E-state index in [1.807, 2.05) is 0 Å². The first-order valence-corrected chi connectivity index (χ1v) is 41.6. The second-order valence-electron chi connectivity index (χ2n) is 19.7. The van der Waals surface area contributed by atoms with Crippen molar-refractivity contribution in [1.29, 1.82) is 0 Å². The van der Waals surface area contributed by atoms with Crippen LogP contribution in [0.1, 0.15) is 51.4 Å². The molecule has 0 bridgehead atoms. The first-order valence-electron chi connectivity index (χ1n) is 25.2. The molecule has 0 saturated heterocycles. The van der Waals surface area contributed by atoms with Crippen molar-refractivity contribution in [1.82, 2.24) is 9.80 Å². The van der Waals surface area contributed by atoms with Gasteiger partial charge in [-0.05, 0) is 25.9 Å². The monoisotopic (exact) mass is 1640 g/mol. The molecule has 0 saturated carbocycles. The van der Waals surface area contributed by atoms with E-state index in [-0.39, 0.29) is 51.4 Å². The minimum absolute atomic E-state index is 0.0152. The molecule has 4 rings (SSSR count). The predicted octanol–water partition coefficient (Wildman–Crippen LogP) is -5.28. The first-order chi connectivity index (χ1) is 43.1. The topological polar surface area (TPSA) is 770 Å². The van der Waals surface area contributed by atoms with Gasteiger partial charge >= 0.3 is 125 Å². The van der Waals surface area contributed by atoms with Crippen molar-refractivity contribution in [3.8, 4) is 0 Å². The van der Waals surface area contributed by atoms with Crippen LogP contribution in [-0.4, -0.2) is 276 Å². The molecular formula is C34H56N2O48S12. The van der Waals surface area contributed by atoms with Crippen molar-refractivity contribution in [2.24, 2.45) is 0 Å². The van der Waals surface area contributed by atoms with E-state index in [9.17, 15) is 156 Å². The largest absolute Gasteiger partial charge is 0.398 e. The van der Waals surface area contributed by atoms with Gasteiger partial charge in [0.05, 0.1) is 24.2 Å². The highest BCUT2D eigenvalue weighted by atomic mass is 32.3. The van der Waals surface area contributed by atoms with Crippen molar-refractivity contribution in [2.45, 2.75) is 149 Å². The van der Waals surface area contributed by atoms with Crippen LogP contribution < -0.4 is 0 Å². The van der Waals surface area contributed by atoms with Gasteiger partial charge in [0.15, 0.2) is 0 Å². The van der Waals surface area contributed by atoms with Crippen LogP contribution in [0.4, 0.5) is 0 Å². The smallest absolute Gasteiger partial charge is 0.285 e. The van der Waals surface area contributed by atoms with Crippen LogP contribution in [0.25, 0.3) is 0 Å². The van der Waals surface area contributed by atoms with Gasteiger partial charge in [-0.15, -0.1) is 0 Å². The molecule has 0 unspecified atom stereocenters. The molecular weight excluding hydrogens is 1590 g/mol. The van der Waals surface area contributed by atoms with E-state index in [1.54, 1.807) is 0 Å². The van der Waals surface area contributed by atoms with Gasteiger partial charge in [0.1, 0.15) is 73.2 Å². The average molecular weight is 1650 g/mol. The fourth-order valence-electron chi connectivity index (χ4n) is 10.1. The van der Waals surface area contributed by atoms with E-state index in [2.05, 4.69) is 50.2 Å². The summed E-state index contributed by atoms with van der Waals surface area (Å²) < 4.78 is 460. The van der Waals surface area contributed by atoms with Crippen LogP contribution in [0.3, 0.4) is 0 Å². The van der Waals surface area contributed by atoms with Gasteiger partial charge in [0, 0.05) is 0 Å². The fourth-order valence-corrected chi connectivity index (χ4v) is 15.9. The maximum Gasteiger partial charge on any atom is 0.398 e. The number of unbranched alkanes of at least 4 members (excludes halogenated alkanes) is 7. The molecule has 4 aliphatic rings. The number of hydrogen-bond acceptors (Lipinski definition) is 38. The van der Waals surface area contributed by atoms with Crippen LogP contribution in [0.2, 0.25) is 0 Å². The molecule has 0 amide bonds. The zero-order valence-corrected chi connectivity index (χ0v) is 56.6. The quantitative estimate of drug-likeness (QED) is 0.0155. The Balaban J connectivity index is 1.78. The second kappa shape index (κ2) is 32.8. The molecule has 0 radical (unpaired) electrons. The van der Waals surface area contributed by atoms with Gasteiger partial charge < -0.3 is 0 Å². The van der Waals surface area contributed by atoms with E-state index >= 15 is 0 Å². The molecule has 62 heteroatoms. The zero-order valence-electron chi connectivity index (χ0n) is 46.8. The number of nitrogens with zero attached hydrogens (tertiary/aromatic N) is 2. The summed E-state index contributed by atoms with van der Waals surface area (Å²) in [5.41, 5.74) is 0. The number of rotatable bonds is 39. The summed E-state index contributed by atoms with van der Waals surface area (Å²) in [4.78, 5) is 1.33. The van der Waals surface area contributed by atoms with E-state index in [0.717, 1.165) is 0 Å². The molecule has 0 aromatic rings. The highest BCUT2D eigenvalue weighted by Gasteiger charge is 2.55. The van der Waals surface area contributed by atoms with E-state index in [1.165, 1.54) is 0 Å². The Labute approximate surface area is 547 Å². The van der Waals surface area contributed by atoms with Crippen molar-refractivity contribution in [2.75, 3.05) is 13.1 Å². The van der Waals surface area contributed by atoms with Crippen LogP contribution in [0, 0.1) is 0 Å². The maximum atomic E-state index is 12.4. The first kappa shape index (κ1) is 85.7. The fraction of sp³-hybridized carbons (Fsp3) is 0.765. The Morgan fingerprint density at radius 3 is 0.479 bits per heavy atom. The Bertz CT molecular complexity index is 3750. The average Bonchev–Trinajstić information content (AvgIpc) is 0.763. The molecule has 4 aliphatic carbocycles. The summed E-state index contributed by atoms with van der Waals surface area (Å²) in [6.07, 6.45) is -30.2. The summed E-state index contributed by atoms with van der Waals surface area (Å²) in [5.74, 6) is 0. The minimum atomic E-state index is -6.02. The van der Waals surface area contributed by atoms with E-state index < -0.39 is 235 Å². The van der Waals surface area contributed by atoms with Gasteiger partial charge in [-0.2, -0.15) is 101 Å². The van der Waals surface area contributed by atoms with Crippen LogP contribution in [0.5, 0.6) is 0 Å². The molecule has 562 valence electrons. The van der Waals surface area contributed by atoms with Crippen molar-refractivity contribution >= 4 is 125 Å². The van der Waals surface area contributed by atoms with E-state index in [0.29, 0.717) is 58.4 Å². The molecule has 0 fully saturated rings. The molecule has 50 nitrogen and oxygen atoms in total. The third-order valence-electron chi connectivity index (χ3n) is 12.8. The van der Waals surface area contributed by atoms with Gasteiger partial charge in [0.2, 0.25) is 0 Å². The summed E-state index contributed by atoms with van der Waals surface area (Å²) in [6.45, 7) is -1.59. The van der Waals surface area contributed by atoms with Crippen LogP contribution in [0.15, 0.2) is 48.6 Å². The van der Waals surface area contributed by atoms with Crippen molar-refractivity contribution < 1.29 is 206 Å². The Hall–Kier alpha value is -2.68. The summed E-state index contributed by atoms with van der Waals surface area (Å²) in [7, 11) is -71.1. The van der Waals surface area contributed by atoms with Crippen LogP contribution in [-0.2, 0) is 175 Å². The standard InChI is InChI=1S/C34H56N2O48S12/c37-85(38,39)73-23-13-9-19(27(77-89(49,50)51)31(23)81-93(61,62)63)35(20-10-14-24(74-86(40,41)42)32(82-94(64,65)66)28(20)78-90(52,53)54)17-7-5-3-1-2-4-6-8-18-36(21-11-15-25(75-87(43,44)45)33(83-95(67,68)69)29(21)79-91(55,56)57)22-12-16-26(76-88(46,47)48)34(84-96(70,71)72)30(22)80-92(58,59)60/h9-16,19-34H,1-8,17-18H2,(H,37,38,39)(H,40,41,42)(H,43,44,45)(H,46,47,48)(H,49,50,51)(H,52,53,54)(H,55,56,57)(H,58,59,60)(H,61,62,63)(H,64,65,66)(H,67,68,69)(H,70,71,72)/t19-,20-,21-,22-,23+,24+,25+,26+,27+,28+,29+,30+,31+,32+,33+,34+/m0/s1. The number of hydrogen-bond donors (Lipinski definition) is 12. The summed E-state index contributed by atoms with van der Waals surface area (Å²) >= 11 is 0. The Morgan fingerprint density at radius 2 is 0.333 bits per heavy atom. The molecule has 0 aliphatic heterocycles. The molecule has 0 aromatic carbocycles. The van der Waals surface area contributed by atoms with E-state index in [4.69, 9.17) is 0 Å². The molecule has 96 heavy (non-hydrogen) atoms. The SMILES string of the molecule is O=S(=O)(O)O[C@H]1[C@H](OS(=O)(=O)O)[C@@H](N(CCCCCCCCCCN([C@H]2C=C[C@@H](OS(=O)(=O)O)[C@@H](OS(=O)(=O)O)[C@@H]2OS(=O)(=O)O)[C@H]2C=C[C@@H](OS(=O)(=O)O)[C@@H](OS(=O)(=O)O)[C@@H]2OS(=O)(=O)O)[C@H]2C=C[C@@H](OS(=O)(=O)O)[C@@H](OS(=O)(=O)O)[C@@H]2OS(=O)(=O)O)C=C[C@H]1OS(=O)(=O)O. The normalized spacial score (nSPS) is 29.5. The third-order valence-corrected chi connectivity index (χ3v) is 18.4. The lowest BCUT2D eigenvalue weighted by Crippen LogP contribution is -2.64. The lowest BCUT2D eigenvalue weighted by Gasteiger charge is -2.47. The van der Waals surface area contributed by atoms with Gasteiger partial charge in [-0.1, -0.05) is 87.1 Å². The minimum Gasteiger partial charge on any atom is -0.285 e. The maximum absolute atomic E-state index is 12.4. The molecule has 0 spiro atoms. The predicted molar refractivity (Wildman–Crippen MR) is 299 cm³/mol. The third kappa shape index (κ3) is 31.3. The van der Waals surface area contributed by atoms with Crippen LogP contribution >= 0.6 is 0 Å². The summed E-state index contributed by atoms with van der Waals surface area (Å²) in [6, 6.07) is -9.09. The van der Waals surface area contributed by atoms with Gasteiger partial charge in [-0.25, -0.2) is 50.2 Å². The highest BCUT2D eigenvalue weighted by molar-refractivity contribution is 7.83. The molecule has 0 aromatic heterocycles. The van der Waals surface area contributed by atoms with Gasteiger partial charge in [-0.3, -0.25) is 64.4 Å². The highest BCUT2D eigenvalue weighted by Crippen LogP contribution is 2.38. The van der Waals surface area contributed by atoms with Crippen molar-refractivity contribution in [3.05, 3.63) is 48.6 Å². The van der Waals surface area contributed by atoms with Gasteiger partial charge in [0.25, 0.3) is 0 Å². The lowest BCUT2D eigenvalue weighted by molar-refractivity contribution is -0.0824. The lowest BCUT2D eigenvalue weighted by atomic mass is 9.87. The second-order valence-corrected chi connectivity index (χ2v) is 32.2. The Morgan fingerprint density at radius 1 is 0.198 bits per heavy atom.